The van der Waals surface area contributed by atoms with Gasteiger partial charge in [0.05, 0.1) is 22.9 Å². The maximum atomic E-state index is 13.0. The van der Waals surface area contributed by atoms with Gasteiger partial charge >= 0.3 is 0 Å². The summed E-state index contributed by atoms with van der Waals surface area (Å²) in [7, 11) is 1.56. The third-order valence-electron chi connectivity index (χ3n) is 7.37. The smallest absolute Gasteiger partial charge is 0.261 e. The zero-order valence-corrected chi connectivity index (χ0v) is 27.6. The van der Waals surface area contributed by atoms with Gasteiger partial charge in [-0.3, -0.25) is 14.4 Å². The van der Waals surface area contributed by atoms with E-state index in [4.69, 9.17) is 32.5 Å². The van der Waals surface area contributed by atoms with E-state index >= 15 is 0 Å². The van der Waals surface area contributed by atoms with Crippen LogP contribution in [0.2, 0.25) is 10.0 Å². The van der Waals surface area contributed by atoms with Crippen molar-refractivity contribution in [2.45, 2.75) is 27.4 Å². The normalized spacial score (nSPS) is 11.1. The van der Waals surface area contributed by atoms with Crippen molar-refractivity contribution in [1.82, 2.24) is 15.5 Å². The Morgan fingerprint density at radius 1 is 0.979 bits per heavy atom. The van der Waals surface area contributed by atoms with Crippen molar-refractivity contribution in [3.05, 3.63) is 117 Å². The molecule has 10 nitrogen and oxygen atoms in total. The van der Waals surface area contributed by atoms with Crippen LogP contribution >= 0.6 is 23.2 Å². The Morgan fingerprint density at radius 2 is 1.74 bits per heavy atom. The number of nitrogens with zero attached hydrogens (tertiary/aromatic N) is 3. The number of halogens is 2. The molecule has 0 fully saturated rings. The molecule has 240 valence electrons. The monoisotopic (exact) mass is 671 g/mol. The summed E-state index contributed by atoms with van der Waals surface area (Å²) in [6.07, 6.45) is 2.91. The molecule has 0 aliphatic carbocycles. The summed E-state index contributed by atoms with van der Waals surface area (Å²) in [6.45, 7) is 5.07. The predicted octanol–water partition coefficient (Wildman–Crippen LogP) is 7.08. The molecule has 5 rings (SSSR count). The van der Waals surface area contributed by atoms with E-state index in [1.807, 2.05) is 37.3 Å². The summed E-state index contributed by atoms with van der Waals surface area (Å²) in [5.41, 5.74) is 4.70. The summed E-state index contributed by atoms with van der Waals surface area (Å²) in [6, 6.07) is 19.8. The molecule has 5 aromatic rings. The molecule has 47 heavy (non-hydrogen) atoms. The second-order valence-corrected chi connectivity index (χ2v) is 11.5. The molecule has 12 heteroatoms. The highest BCUT2D eigenvalue weighted by molar-refractivity contribution is 6.38. The number of pyridine rings is 1. The van der Waals surface area contributed by atoms with Gasteiger partial charge in [0.25, 0.3) is 5.91 Å². The van der Waals surface area contributed by atoms with Crippen LogP contribution < -0.4 is 20.3 Å². The van der Waals surface area contributed by atoms with E-state index in [-0.39, 0.29) is 24.1 Å². The zero-order chi connectivity index (χ0) is 33.7. The molecule has 2 N–H and O–H groups in total. The Bertz CT molecular complexity index is 1990. The average molecular weight is 673 g/mol. The van der Waals surface area contributed by atoms with Crippen LogP contribution in [0, 0.1) is 20.8 Å². The number of para-hydroxylation sites is 1. The largest absolute Gasteiger partial charge is 0.487 e. The van der Waals surface area contributed by atoms with Gasteiger partial charge in [-0.2, -0.15) is 0 Å². The van der Waals surface area contributed by atoms with Crippen LogP contribution in [0.4, 0.5) is 11.4 Å². The molecule has 2 heterocycles. The van der Waals surface area contributed by atoms with E-state index in [0.29, 0.717) is 44.7 Å². The van der Waals surface area contributed by atoms with Gasteiger partial charge in [-0.25, -0.2) is 4.98 Å². The lowest BCUT2D eigenvalue weighted by Gasteiger charge is -2.21. The third-order valence-corrected chi connectivity index (χ3v) is 8.14. The van der Waals surface area contributed by atoms with Crippen molar-refractivity contribution in [1.29, 1.82) is 0 Å². The maximum absolute atomic E-state index is 13.0. The number of aryl methyl sites for hydroxylation is 3. The number of fused-ring (bicyclic) bond motifs is 1. The average Bonchev–Trinajstić information content (AvgIpc) is 3.40. The van der Waals surface area contributed by atoms with Crippen molar-refractivity contribution < 1.29 is 23.6 Å². The first kappa shape index (κ1) is 33.2. The highest BCUT2D eigenvalue weighted by atomic mass is 35.5. The first-order valence-electron chi connectivity index (χ1n) is 14.5. The highest BCUT2D eigenvalue weighted by Crippen LogP contribution is 2.35. The van der Waals surface area contributed by atoms with E-state index in [0.717, 1.165) is 22.2 Å². The van der Waals surface area contributed by atoms with E-state index in [1.54, 1.807) is 63.4 Å². The number of hydrogen-bond donors (Lipinski definition) is 2. The van der Waals surface area contributed by atoms with Gasteiger partial charge in [0.1, 0.15) is 29.2 Å². The molecule has 0 bridgehead atoms. The second kappa shape index (κ2) is 14.5. The van der Waals surface area contributed by atoms with Gasteiger partial charge in [-0.05, 0) is 68.8 Å². The Balaban J connectivity index is 1.16. The fraction of sp³-hybridized carbons (Fsp3) is 0.171. The Hall–Kier alpha value is -5.19. The van der Waals surface area contributed by atoms with Crippen LogP contribution in [-0.4, -0.2) is 41.5 Å². The Kier molecular flexibility index (Phi) is 10.2. The number of likely N-dealkylation sites (N-methyl/N-ethyl adjacent to an activating group) is 1. The van der Waals surface area contributed by atoms with E-state index < -0.39 is 11.8 Å². The number of anilines is 2. The minimum Gasteiger partial charge on any atom is -0.487 e. The fourth-order valence-corrected chi connectivity index (χ4v) is 5.39. The molecule has 0 aliphatic heterocycles. The molecule has 0 aliphatic rings. The molecule has 0 unspecified atom stereocenters. The topological polar surface area (TPSA) is 127 Å². The predicted molar refractivity (Wildman–Crippen MR) is 183 cm³/mol. The van der Waals surface area contributed by atoms with Crippen molar-refractivity contribution >= 4 is 69.3 Å². The summed E-state index contributed by atoms with van der Waals surface area (Å²) >= 11 is 13.2. The summed E-state index contributed by atoms with van der Waals surface area (Å²) < 4.78 is 11.1. The number of nitrogens with one attached hydrogen (secondary N) is 2. The molecule has 0 spiro atoms. The first-order valence-corrected chi connectivity index (χ1v) is 15.3. The summed E-state index contributed by atoms with van der Waals surface area (Å²) in [5.74, 6) is -0.157. The van der Waals surface area contributed by atoms with Crippen LogP contribution in [0.1, 0.15) is 38.6 Å². The van der Waals surface area contributed by atoms with Gasteiger partial charge in [0.2, 0.25) is 11.8 Å². The summed E-state index contributed by atoms with van der Waals surface area (Å²) in [5, 5.41) is 10.8. The number of aromatic nitrogens is 2. The quantitative estimate of drug-likeness (QED) is 0.152. The van der Waals surface area contributed by atoms with Crippen molar-refractivity contribution in [3.8, 4) is 5.75 Å². The number of ether oxygens (including phenoxy) is 1. The number of hydrogen-bond acceptors (Lipinski definition) is 7. The molecule has 3 amide bonds. The maximum Gasteiger partial charge on any atom is 0.261 e. The highest BCUT2D eigenvalue weighted by Gasteiger charge is 2.20. The van der Waals surface area contributed by atoms with Gasteiger partial charge < -0.3 is 24.8 Å². The van der Waals surface area contributed by atoms with Gasteiger partial charge in [0, 0.05) is 40.5 Å². The van der Waals surface area contributed by atoms with Crippen molar-refractivity contribution in [3.63, 3.8) is 0 Å². The van der Waals surface area contributed by atoms with E-state index in [1.165, 1.54) is 11.0 Å². The van der Waals surface area contributed by atoms with Crippen molar-refractivity contribution in [2.24, 2.45) is 0 Å². The minimum absolute atomic E-state index is 0.0539. The van der Waals surface area contributed by atoms with Crippen LogP contribution in [0.25, 0.3) is 17.0 Å². The molecule has 0 radical (unpaired) electrons. The number of amides is 3. The van der Waals surface area contributed by atoms with Gasteiger partial charge in [0.15, 0.2) is 0 Å². The van der Waals surface area contributed by atoms with Crippen LogP contribution in [-0.2, 0) is 16.2 Å². The van der Waals surface area contributed by atoms with Crippen molar-refractivity contribution in [2.75, 3.05) is 23.8 Å². The standard InChI is InChI=1S/C35H31Cl2N5O5/c1-20-8-12-24-6-5-7-29(34(24)39-20)46-19-26-27(36)15-16-28(33(26)37)42(4)31(44)18-38-30(43)17-11-23-9-13-25(14-10-23)40-35(45)32-21(2)41-47-22(32)3/h5-17H,18-19H2,1-4H3,(H,38,43)(H,40,45). The van der Waals surface area contributed by atoms with E-state index in [9.17, 15) is 14.4 Å². The number of rotatable bonds is 10. The first-order chi connectivity index (χ1) is 22.5. The number of carbonyl (C=O) groups excluding carboxylic acids is 3. The van der Waals surface area contributed by atoms with Crippen LogP contribution in [0.5, 0.6) is 5.75 Å². The van der Waals surface area contributed by atoms with Gasteiger partial charge in [-0.15, -0.1) is 0 Å². The summed E-state index contributed by atoms with van der Waals surface area (Å²) in [4.78, 5) is 44.0. The van der Waals surface area contributed by atoms with Gasteiger partial charge in [-0.1, -0.05) is 58.7 Å². The molecule has 3 aromatic carbocycles. The molecule has 0 saturated carbocycles. The zero-order valence-electron chi connectivity index (χ0n) is 26.1. The second-order valence-electron chi connectivity index (χ2n) is 10.7. The fourth-order valence-electron chi connectivity index (χ4n) is 4.79. The van der Waals surface area contributed by atoms with Crippen LogP contribution in [0.15, 0.2) is 77.3 Å². The Morgan fingerprint density at radius 3 is 2.47 bits per heavy atom. The lowest BCUT2D eigenvalue weighted by Crippen LogP contribution is -2.37. The van der Waals surface area contributed by atoms with E-state index in [2.05, 4.69) is 20.8 Å². The Labute approximate surface area is 281 Å². The number of carbonyl (C=O) groups is 3. The number of benzene rings is 3. The molecular weight excluding hydrogens is 641 g/mol. The lowest BCUT2D eigenvalue weighted by atomic mass is 10.1. The lowest BCUT2D eigenvalue weighted by molar-refractivity contribution is -0.122. The molecule has 2 aromatic heterocycles. The van der Waals surface area contributed by atoms with Crippen LogP contribution in [0.3, 0.4) is 0 Å². The molecule has 0 saturated heterocycles. The third kappa shape index (κ3) is 7.79. The minimum atomic E-state index is -0.460. The molecular formula is C35H31Cl2N5O5. The molecule has 0 atom stereocenters. The SMILES string of the molecule is Cc1ccc2cccc(OCc3c(Cl)ccc(N(C)C(=O)CNC(=O)C=Cc4ccc(NC(=O)c5c(C)noc5C)cc4)c3Cl)c2n1.